The lowest BCUT2D eigenvalue weighted by Gasteiger charge is -2.56. The third-order valence-corrected chi connectivity index (χ3v) is 10.4. The van der Waals surface area contributed by atoms with Crippen molar-refractivity contribution in [3.63, 3.8) is 0 Å². The summed E-state index contributed by atoms with van der Waals surface area (Å²) in [6, 6.07) is 0. The lowest BCUT2D eigenvalue weighted by molar-refractivity contribution is -0.119. The molecule has 0 saturated heterocycles. The Morgan fingerprint density at radius 3 is 2.36 bits per heavy atom. The van der Waals surface area contributed by atoms with Gasteiger partial charge >= 0.3 is 0 Å². The second-order valence-corrected chi connectivity index (χ2v) is 11.0. The molecule has 0 radical (unpaired) electrons. The molecule has 5 saturated carbocycles. The zero-order valence-corrected chi connectivity index (χ0v) is 17.1. The number of Topliss-reactive ketones (excluding diaryl/α,β-unsaturated/α-hetero) is 1. The van der Waals surface area contributed by atoms with Gasteiger partial charge < -0.3 is 5.11 Å². The predicted molar refractivity (Wildman–Crippen MR) is 102 cm³/mol. The van der Waals surface area contributed by atoms with Crippen LogP contribution in [-0.4, -0.2) is 21.8 Å². The zero-order valence-electron chi connectivity index (χ0n) is 15.6. The maximum atomic E-state index is 12.1. The summed E-state index contributed by atoms with van der Waals surface area (Å²) in [7, 11) is 0. The second-order valence-electron chi connectivity index (χ2n) is 10.5. The van der Waals surface area contributed by atoms with Crippen LogP contribution in [0.2, 0.25) is 0 Å². The minimum absolute atomic E-state index is 0.244. The molecule has 0 spiro atoms. The first kappa shape index (κ1) is 17.2. The SMILES string of the molecule is C[C@]12CC[C@@H]3[C@H]4CC[C@]5(O)CC5[C@H]4CC[C@H]3[C@@H]1CC[C@@H]2CC(=O)CBr. The lowest BCUT2D eigenvalue weighted by Crippen LogP contribution is -2.49. The van der Waals surface area contributed by atoms with Crippen LogP contribution in [0.15, 0.2) is 0 Å². The van der Waals surface area contributed by atoms with Crippen molar-refractivity contribution in [3.05, 3.63) is 0 Å². The molecule has 25 heavy (non-hydrogen) atoms. The van der Waals surface area contributed by atoms with E-state index in [2.05, 4.69) is 22.9 Å². The topological polar surface area (TPSA) is 37.3 Å². The molecule has 5 fully saturated rings. The van der Waals surface area contributed by atoms with Gasteiger partial charge in [0.25, 0.3) is 0 Å². The number of aliphatic hydroxyl groups is 1. The largest absolute Gasteiger partial charge is 0.390 e. The first-order chi connectivity index (χ1) is 12.0. The molecule has 1 N–H and O–H groups in total. The van der Waals surface area contributed by atoms with E-state index in [4.69, 9.17) is 0 Å². The normalized spacial score (nSPS) is 56.4. The van der Waals surface area contributed by atoms with Crippen molar-refractivity contribution in [2.45, 2.75) is 76.7 Å². The fourth-order valence-electron chi connectivity index (χ4n) is 8.46. The Hall–Kier alpha value is 0.110. The number of alkyl halides is 1. The van der Waals surface area contributed by atoms with Crippen molar-refractivity contribution in [2.75, 3.05) is 5.33 Å². The van der Waals surface area contributed by atoms with Crippen LogP contribution in [0.3, 0.4) is 0 Å². The minimum Gasteiger partial charge on any atom is -0.390 e. The molecule has 1 unspecified atom stereocenters. The van der Waals surface area contributed by atoms with E-state index in [0.717, 1.165) is 48.9 Å². The maximum absolute atomic E-state index is 12.1. The van der Waals surface area contributed by atoms with Crippen LogP contribution in [0.5, 0.6) is 0 Å². The van der Waals surface area contributed by atoms with Crippen molar-refractivity contribution in [2.24, 2.45) is 46.8 Å². The molecule has 5 rings (SSSR count). The summed E-state index contributed by atoms with van der Waals surface area (Å²) in [6.07, 6.45) is 12.4. The van der Waals surface area contributed by atoms with Crippen LogP contribution in [-0.2, 0) is 4.79 Å². The van der Waals surface area contributed by atoms with Gasteiger partial charge in [-0.25, -0.2) is 0 Å². The smallest absolute Gasteiger partial charge is 0.143 e. The van der Waals surface area contributed by atoms with Gasteiger partial charge in [-0.05, 0) is 105 Å². The van der Waals surface area contributed by atoms with Gasteiger partial charge in [-0.1, -0.05) is 22.9 Å². The molecule has 0 amide bonds. The number of hydrogen-bond acceptors (Lipinski definition) is 2. The molecule has 2 nitrogen and oxygen atoms in total. The van der Waals surface area contributed by atoms with Crippen LogP contribution in [0.4, 0.5) is 0 Å². The Labute approximate surface area is 160 Å². The van der Waals surface area contributed by atoms with E-state index >= 15 is 0 Å². The monoisotopic (exact) mass is 408 g/mol. The number of ketones is 1. The molecule has 0 aromatic rings. The van der Waals surface area contributed by atoms with Gasteiger partial charge in [0, 0.05) is 6.42 Å². The van der Waals surface area contributed by atoms with Crippen molar-refractivity contribution < 1.29 is 9.90 Å². The van der Waals surface area contributed by atoms with Crippen molar-refractivity contribution >= 4 is 21.7 Å². The molecule has 0 heterocycles. The fourth-order valence-corrected chi connectivity index (χ4v) is 8.69. The minimum atomic E-state index is -0.244. The zero-order chi connectivity index (χ0) is 17.4. The van der Waals surface area contributed by atoms with E-state index in [9.17, 15) is 9.90 Å². The highest BCUT2D eigenvalue weighted by Gasteiger charge is 2.64. The van der Waals surface area contributed by atoms with Gasteiger partial charge in [-0.15, -0.1) is 0 Å². The molecule has 0 bridgehead atoms. The summed E-state index contributed by atoms with van der Waals surface area (Å²) in [6.45, 7) is 2.53. The van der Waals surface area contributed by atoms with E-state index in [1.807, 2.05) is 0 Å². The van der Waals surface area contributed by atoms with Crippen molar-refractivity contribution in [3.8, 4) is 0 Å². The molecule has 0 aromatic carbocycles. The van der Waals surface area contributed by atoms with Crippen molar-refractivity contribution in [1.29, 1.82) is 0 Å². The molecule has 5 aliphatic carbocycles. The molecule has 9 atom stereocenters. The Balaban J connectivity index is 1.34. The van der Waals surface area contributed by atoms with Gasteiger partial charge in [-0.3, -0.25) is 4.79 Å². The third-order valence-electron chi connectivity index (χ3n) is 9.78. The fraction of sp³-hybridized carbons (Fsp3) is 0.955. The number of halogens is 1. The summed E-state index contributed by atoms with van der Waals surface area (Å²) < 4.78 is 0. The molecule has 5 aliphatic rings. The van der Waals surface area contributed by atoms with E-state index in [-0.39, 0.29) is 5.60 Å². The Bertz CT molecular complexity index is 576. The van der Waals surface area contributed by atoms with E-state index < -0.39 is 0 Å². The van der Waals surface area contributed by atoms with Gasteiger partial charge in [0.15, 0.2) is 0 Å². The number of carbonyl (C=O) groups is 1. The van der Waals surface area contributed by atoms with Gasteiger partial charge in [0.2, 0.25) is 0 Å². The van der Waals surface area contributed by atoms with Crippen LogP contribution in [0, 0.1) is 46.8 Å². The van der Waals surface area contributed by atoms with E-state index in [1.165, 1.54) is 44.9 Å². The van der Waals surface area contributed by atoms with Crippen molar-refractivity contribution in [1.82, 2.24) is 0 Å². The van der Waals surface area contributed by atoms with E-state index in [0.29, 0.717) is 28.4 Å². The van der Waals surface area contributed by atoms with Gasteiger partial charge in [0.1, 0.15) is 5.78 Å². The lowest BCUT2D eigenvalue weighted by atomic mass is 9.49. The summed E-state index contributed by atoms with van der Waals surface area (Å²) in [5.74, 6) is 6.10. The average molecular weight is 409 g/mol. The third kappa shape index (κ3) is 2.47. The highest BCUT2D eigenvalue weighted by atomic mass is 79.9. The van der Waals surface area contributed by atoms with Gasteiger partial charge in [-0.2, -0.15) is 0 Å². The standard InChI is InChI=1S/C22H33BrO2/c1-21-8-6-15-16-7-9-22(25)11-20(22)18(16)4-3-17(15)19(21)5-2-13(21)10-14(24)12-23/h13,15-20,25H,2-12H2,1H3/t13-,15-,16-,17-,18+,19+,20?,21-,22+/m1/s1. The quantitative estimate of drug-likeness (QED) is 0.669. The maximum Gasteiger partial charge on any atom is 0.143 e. The Morgan fingerprint density at radius 2 is 1.64 bits per heavy atom. The number of hydrogen-bond donors (Lipinski definition) is 1. The molecular weight excluding hydrogens is 376 g/mol. The van der Waals surface area contributed by atoms with Crippen LogP contribution in [0.1, 0.15) is 71.1 Å². The summed E-state index contributed by atoms with van der Waals surface area (Å²) in [5, 5.41) is 11.1. The number of rotatable bonds is 3. The second kappa shape index (κ2) is 5.80. The number of carbonyl (C=O) groups excluding carboxylic acids is 1. The summed E-state index contributed by atoms with van der Waals surface area (Å²) in [4.78, 5) is 12.1. The molecule has 0 aromatic heterocycles. The predicted octanol–water partition coefficient (Wildman–Crippen LogP) is 4.97. The van der Waals surface area contributed by atoms with Crippen LogP contribution in [0.25, 0.3) is 0 Å². The highest BCUT2D eigenvalue weighted by Crippen LogP contribution is 2.68. The van der Waals surface area contributed by atoms with Crippen LogP contribution >= 0.6 is 15.9 Å². The van der Waals surface area contributed by atoms with Crippen LogP contribution < -0.4 is 0 Å². The molecule has 140 valence electrons. The highest BCUT2D eigenvalue weighted by molar-refractivity contribution is 9.09. The summed E-state index contributed by atoms with van der Waals surface area (Å²) >= 11 is 3.37. The average Bonchev–Trinajstić information content (AvgIpc) is 3.20. The van der Waals surface area contributed by atoms with Gasteiger partial charge in [0.05, 0.1) is 10.9 Å². The Kier molecular flexibility index (Phi) is 4.00. The number of fused-ring (bicyclic) bond motifs is 7. The van der Waals surface area contributed by atoms with E-state index in [1.54, 1.807) is 0 Å². The molecule has 0 aliphatic heterocycles. The molecular formula is C22H33BrO2. The first-order valence-electron chi connectivity index (χ1n) is 10.8. The molecule has 3 heteroatoms. The summed E-state index contributed by atoms with van der Waals surface area (Å²) in [5.41, 5.74) is 0.173. The first-order valence-corrected chi connectivity index (χ1v) is 11.9. The Morgan fingerprint density at radius 1 is 0.960 bits per heavy atom.